The van der Waals surface area contributed by atoms with Crippen LogP contribution in [-0.4, -0.2) is 49.1 Å². The van der Waals surface area contributed by atoms with E-state index < -0.39 is 6.04 Å². The number of carbonyl (C=O) groups excluding carboxylic acids is 2. The number of carbonyl (C=O) groups is 2. The van der Waals surface area contributed by atoms with Gasteiger partial charge in [-0.15, -0.1) is 11.3 Å². The van der Waals surface area contributed by atoms with Crippen molar-refractivity contribution in [2.75, 3.05) is 31.1 Å². The zero-order valence-electron chi connectivity index (χ0n) is 15.8. The first-order chi connectivity index (χ1) is 13.7. The number of anilines is 1. The Balaban J connectivity index is 1.32. The summed E-state index contributed by atoms with van der Waals surface area (Å²) in [5, 5.41) is 7.93. The van der Waals surface area contributed by atoms with Crippen LogP contribution in [0.25, 0.3) is 0 Å². The number of nitrogens with one attached hydrogen (secondary N) is 2. The Morgan fingerprint density at radius 1 is 1.11 bits per heavy atom. The van der Waals surface area contributed by atoms with Gasteiger partial charge >= 0.3 is 6.03 Å². The Morgan fingerprint density at radius 3 is 2.61 bits per heavy atom. The third-order valence-corrected chi connectivity index (χ3v) is 6.46. The normalized spacial score (nSPS) is 21.1. The Morgan fingerprint density at radius 2 is 1.89 bits per heavy atom. The molecule has 0 radical (unpaired) electrons. The highest BCUT2D eigenvalue weighted by Gasteiger charge is 2.33. The fourth-order valence-corrected chi connectivity index (χ4v) is 4.88. The molecule has 7 heteroatoms. The van der Waals surface area contributed by atoms with Crippen LogP contribution in [0, 0.1) is 0 Å². The van der Waals surface area contributed by atoms with E-state index in [2.05, 4.69) is 33.0 Å². The standard InChI is InChI=1S/C21H26N4O2S/c26-20-17(10-13-25(20)16-7-2-1-3-8-16)23-21(27)22-15-18(19-9-6-14-28-19)24-11-4-5-12-24/h1-3,6-9,14,17-18H,4-5,10-13,15H2,(H2,22,23,27). The summed E-state index contributed by atoms with van der Waals surface area (Å²) in [6, 6.07) is 13.2. The first-order valence-electron chi connectivity index (χ1n) is 9.90. The maximum atomic E-state index is 12.7. The van der Waals surface area contributed by atoms with Crippen LogP contribution in [0.1, 0.15) is 30.2 Å². The minimum Gasteiger partial charge on any atom is -0.336 e. The van der Waals surface area contributed by atoms with Crippen molar-refractivity contribution in [2.45, 2.75) is 31.3 Å². The lowest BCUT2D eigenvalue weighted by Crippen LogP contribution is -2.48. The molecule has 0 spiro atoms. The molecule has 2 unspecified atom stereocenters. The van der Waals surface area contributed by atoms with Gasteiger partial charge in [0.15, 0.2) is 0 Å². The maximum absolute atomic E-state index is 12.7. The summed E-state index contributed by atoms with van der Waals surface area (Å²) in [6.07, 6.45) is 3.04. The predicted octanol–water partition coefficient (Wildman–Crippen LogP) is 2.99. The Labute approximate surface area is 169 Å². The molecule has 1 aromatic heterocycles. The summed E-state index contributed by atoms with van der Waals surface area (Å²) in [5.41, 5.74) is 0.879. The molecule has 2 aliphatic rings. The Hall–Kier alpha value is -2.38. The molecule has 2 aromatic rings. The lowest BCUT2D eigenvalue weighted by molar-refractivity contribution is -0.118. The van der Waals surface area contributed by atoms with Crippen LogP contribution in [0.15, 0.2) is 47.8 Å². The molecule has 3 amide bonds. The Kier molecular flexibility index (Phi) is 5.92. The molecule has 3 heterocycles. The topological polar surface area (TPSA) is 64.7 Å². The van der Waals surface area contributed by atoms with Crippen molar-refractivity contribution < 1.29 is 9.59 Å². The smallest absolute Gasteiger partial charge is 0.315 e. The molecule has 28 heavy (non-hydrogen) atoms. The Bertz CT molecular complexity index is 790. The minimum absolute atomic E-state index is 0.0456. The van der Waals surface area contributed by atoms with Crippen LogP contribution in [0.4, 0.5) is 10.5 Å². The number of amides is 3. The van der Waals surface area contributed by atoms with Crippen molar-refractivity contribution >= 4 is 29.0 Å². The number of nitrogens with zero attached hydrogens (tertiary/aromatic N) is 2. The molecule has 2 fully saturated rings. The molecule has 2 aliphatic heterocycles. The predicted molar refractivity (Wildman–Crippen MR) is 112 cm³/mol. The van der Waals surface area contributed by atoms with E-state index in [0.29, 0.717) is 19.5 Å². The second-order valence-electron chi connectivity index (χ2n) is 7.30. The average Bonchev–Trinajstić information content (AvgIpc) is 3.47. The van der Waals surface area contributed by atoms with Gasteiger partial charge in [0.1, 0.15) is 6.04 Å². The molecule has 2 saturated heterocycles. The van der Waals surface area contributed by atoms with E-state index in [-0.39, 0.29) is 18.0 Å². The van der Waals surface area contributed by atoms with Crippen molar-refractivity contribution in [1.29, 1.82) is 0 Å². The maximum Gasteiger partial charge on any atom is 0.315 e. The van der Waals surface area contributed by atoms with E-state index in [9.17, 15) is 9.59 Å². The summed E-state index contributed by atoms with van der Waals surface area (Å²) < 4.78 is 0. The zero-order chi connectivity index (χ0) is 19.3. The number of benzene rings is 1. The summed E-state index contributed by atoms with van der Waals surface area (Å²) in [4.78, 5) is 30.6. The number of thiophene rings is 1. The van der Waals surface area contributed by atoms with E-state index >= 15 is 0 Å². The highest BCUT2D eigenvalue weighted by molar-refractivity contribution is 7.10. The van der Waals surface area contributed by atoms with Crippen molar-refractivity contribution in [2.24, 2.45) is 0 Å². The van der Waals surface area contributed by atoms with E-state index in [1.807, 2.05) is 30.3 Å². The van der Waals surface area contributed by atoms with Crippen molar-refractivity contribution in [3.63, 3.8) is 0 Å². The number of urea groups is 1. The van der Waals surface area contributed by atoms with Crippen LogP contribution in [0.2, 0.25) is 0 Å². The SMILES string of the molecule is O=C(NCC(c1cccs1)N1CCCC1)NC1CCN(c2ccccc2)C1=O. The molecule has 1 aromatic carbocycles. The molecule has 6 nitrogen and oxygen atoms in total. The lowest BCUT2D eigenvalue weighted by Gasteiger charge is -2.27. The number of rotatable bonds is 6. The molecule has 0 aliphatic carbocycles. The monoisotopic (exact) mass is 398 g/mol. The van der Waals surface area contributed by atoms with Crippen LogP contribution >= 0.6 is 11.3 Å². The van der Waals surface area contributed by atoms with Gasteiger partial charge in [0, 0.05) is 23.7 Å². The highest BCUT2D eigenvalue weighted by Crippen LogP contribution is 2.28. The molecule has 0 bridgehead atoms. The summed E-state index contributed by atoms with van der Waals surface area (Å²) in [7, 11) is 0. The number of hydrogen-bond acceptors (Lipinski definition) is 4. The fraction of sp³-hybridized carbons (Fsp3) is 0.429. The van der Waals surface area contributed by atoms with Crippen LogP contribution in [0.3, 0.4) is 0 Å². The fourth-order valence-electron chi connectivity index (χ4n) is 4.02. The van der Waals surface area contributed by atoms with Crippen LogP contribution < -0.4 is 15.5 Å². The minimum atomic E-state index is -0.466. The van der Waals surface area contributed by atoms with Gasteiger partial charge in [-0.2, -0.15) is 0 Å². The summed E-state index contributed by atoms with van der Waals surface area (Å²) in [6.45, 7) is 3.31. The molecule has 2 N–H and O–H groups in total. The van der Waals surface area contributed by atoms with E-state index in [4.69, 9.17) is 0 Å². The summed E-state index contributed by atoms with van der Waals surface area (Å²) >= 11 is 1.73. The van der Waals surface area contributed by atoms with Gasteiger partial charge in [-0.25, -0.2) is 4.79 Å². The second kappa shape index (κ2) is 8.75. The third-order valence-electron chi connectivity index (χ3n) is 5.49. The molecule has 2 atom stereocenters. The van der Waals surface area contributed by atoms with Crippen molar-refractivity contribution in [3.8, 4) is 0 Å². The van der Waals surface area contributed by atoms with E-state index in [0.717, 1.165) is 18.8 Å². The van der Waals surface area contributed by atoms with Gasteiger partial charge in [0.2, 0.25) is 5.91 Å². The molecule has 4 rings (SSSR count). The molecular weight excluding hydrogens is 372 g/mol. The summed E-state index contributed by atoms with van der Waals surface area (Å²) in [5.74, 6) is -0.0456. The number of likely N-dealkylation sites (tertiary alicyclic amines) is 1. The number of hydrogen-bond donors (Lipinski definition) is 2. The molecular formula is C21H26N4O2S. The van der Waals surface area contributed by atoms with Crippen LogP contribution in [0.5, 0.6) is 0 Å². The van der Waals surface area contributed by atoms with Crippen LogP contribution in [-0.2, 0) is 4.79 Å². The molecule has 0 saturated carbocycles. The van der Waals surface area contributed by atoms with Crippen molar-refractivity contribution in [1.82, 2.24) is 15.5 Å². The van der Waals surface area contributed by atoms with E-state index in [1.54, 1.807) is 16.2 Å². The zero-order valence-corrected chi connectivity index (χ0v) is 16.7. The van der Waals surface area contributed by atoms with Crippen molar-refractivity contribution in [3.05, 3.63) is 52.7 Å². The third kappa shape index (κ3) is 4.20. The van der Waals surface area contributed by atoms with Gasteiger partial charge in [0.25, 0.3) is 0 Å². The second-order valence-corrected chi connectivity index (χ2v) is 8.27. The van der Waals surface area contributed by atoms with Gasteiger partial charge in [0.05, 0.1) is 6.04 Å². The van der Waals surface area contributed by atoms with Gasteiger partial charge < -0.3 is 15.5 Å². The lowest BCUT2D eigenvalue weighted by atomic mass is 10.2. The van der Waals surface area contributed by atoms with E-state index in [1.165, 1.54) is 17.7 Å². The average molecular weight is 399 g/mol. The first-order valence-corrected chi connectivity index (χ1v) is 10.8. The van der Waals surface area contributed by atoms with Gasteiger partial charge in [-0.3, -0.25) is 9.69 Å². The van der Waals surface area contributed by atoms with Gasteiger partial charge in [-0.05, 0) is 55.9 Å². The van der Waals surface area contributed by atoms with Gasteiger partial charge in [-0.1, -0.05) is 24.3 Å². The largest absolute Gasteiger partial charge is 0.336 e. The number of para-hydroxylation sites is 1. The first kappa shape index (κ1) is 19.0. The molecule has 148 valence electrons. The highest BCUT2D eigenvalue weighted by atomic mass is 32.1. The quantitative estimate of drug-likeness (QED) is 0.786.